The Morgan fingerprint density at radius 2 is 2.29 bits per heavy atom. The smallest absolute Gasteiger partial charge is 0.305 e. The number of hydrogen-bond donors (Lipinski definition) is 2. The van der Waals surface area contributed by atoms with Crippen molar-refractivity contribution in [2.45, 2.75) is 17.4 Å². The summed E-state index contributed by atoms with van der Waals surface area (Å²) in [7, 11) is -4.11. The van der Waals surface area contributed by atoms with Crippen LogP contribution in [0.5, 0.6) is 0 Å². The zero-order chi connectivity index (χ0) is 15.6. The average molecular weight is 334 g/mol. The van der Waals surface area contributed by atoms with E-state index in [9.17, 15) is 18.0 Å². The average Bonchev–Trinajstić information content (AvgIpc) is 2.40. The molecule has 21 heavy (non-hydrogen) atoms. The summed E-state index contributed by atoms with van der Waals surface area (Å²) in [6.45, 7) is 0.0727. The highest BCUT2D eigenvalue weighted by Crippen LogP contribution is 2.25. The molecule has 1 saturated heterocycles. The SMILES string of the molecule is O=C(O)CC1C(=O)NCCN1S(=O)(=O)c1cccnc1Cl. The molecule has 2 rings (SSSR count). The van der Waals surface area contributed by atoms with Gasteiger partial charge in [0, 0.05) is 19.3 Å². The van der Waals surface area contributed by atoms with Crippen LogP contribution in [-0.2, 0) is 19.6 Å². The third kappa shape index (κ3) is 3.14. The number of aromatic nitrogens is 1. The molecule has 0 radical (unpaired) electrons. The van der Waals surface area contributed by atoms with Gasteiger partial charge in [-0.15, -0.1) is 0 Å². The summed E-state index contributed by atoms with van der Waals surface area (Å²) in [5.41, 5.74) is 0. The summed E-state index contributed by atoms with van der Waals surface area (Å²) in [6, 6.07) is 1.35. The molecule has 10 heteroatoms. The van der Waals surface area contributed by atoms with Crippen molar-refractivity contribution in [2.75, 3.05) is 13.1 Å². The summed E-state index contributed by atoms with van der Waals surface area (Å²) in [5.74, 6) is -1.92. The van der Waals surface area contributed by atoms with E-state index in [-0.39, 0.29) is 23.1 Å². The molecule has 0 spiro atoms. The largest absolute Gasteiger partial charge is 0.481 e. The maximum Gasteiger partial charge on any atom is 0.305 e. The van der Waals surface area contributed by atoms with Gasteiger partial charge in [-0.3, -0.25) is 9.59 Å². The fourth-order valence-electron chi connectivity index (χ4n) is 2.03. The summed E-state index contributed by atoms with van der Waals surface area (Å²) in [6.07, 6.45) is 0.710. The topological polar surface area (TPSA) is 117 Å². The van der Waals surface area contributed by atoms with E-state index in [1.165, 1.54) is 18.3 Å². The number of nitrogens with one attached hydrogen (secondary N) is 1. The van der Waals surface area contributed by atoms with Gasteiger partial charge in [-0.2, -0.15) is 4.31 Å². The van der Waals surface area contributed by atoms with Crippen LogP contribution in [0.1, 0.15) is 6.42 Å². The number of nitrogens with zero attached hydrogens (tertiary/aromatic N) is 2. The van der Waals surface area contributed by atoms with Crippen molar-refractivity contribution in [2.24, 2.45) is 0 Å². The zero-order valence-electron chi connectivity index (χ0n) is 10.7. The van der Waals surface area contributed by atoms with Gasteiger partial charge in [0.25, 0.3) is 0 Å². The molecule has 1 atom stereocenters. The molecular formula is C11H12ClN3O5S. The Morgan fingerprint density at radius 3 is 2.90 bits per heavy atom. The quantitative estimate of drug-likeness (QED) is 0.731. The lowest BCUT2D eigenvalue weighted by molar-refractivity contribution is -0.141. The monoisotopic (exact) mass is 333 g/mol. The van der Waals surface area contributed by atoms with E-state index in [0.717, 1.165) is 4.31 Å². The normalized spacial score (nSPS) is 20.0. The van der Waals surface area contributed by atoms with Crippen LogP contribution in [-0.4, -0.2) is 53.8 Å². The van der Waals surface area contributed by atoms with Crippen LogP contribution in [0.2, 0.25) is 5.15 Å². The van der Waals surface area contributed by atoms with Crippen molar-refractivity contribution in [3.8, 4) is 0 Å². The molecule has 0 saturated carbocycles. The minimum Gasteiger partial charge on any atom is -0.481 e. The molecule has 1 aromatic heterocycles. The van der Waals surface area contributed by atoms with E-state index >= 15 is 0 Å². The van der Waals surface area contributed by atoms with Gasteiger partial charge in [-0.1, -0.05) is 11.6 Å². The van der Waals surface area contributed by atoms with Crippen LogP contribution in [0.15, 0.2) is 23.2 Å². The molecule has 1 aliphatic heterocycles. The molecule has 0 aliphatic carbocycles. The van der Waals surface area contributed by atoms with E-state index in [2.05, 4.69) is 10.3 Å². The molecule has 0 bridgehead atoms. The Kier molecular flexibility index (Phi) is 4.45. The van der Waals surface area contributed by atoms with E-state index < -0.39 is 34.4 Å². The lowest BCUT2D eigenvalue weighted by atomic mass is 10.1. The van der Waals surface area contributed by atoms with Gasteiger partial charge in [0.15, 0.2) is 0 Å². The van der Waals surface area contributed by atoms with Gasteiger partial charge in [0.1, 0.15) is 16.1 Å². The van der Waals surface area contributed by atoms with E-state index in [1.807, 2.05) is 0 Å². The highest BCUT2D eigenvalue weighted by atomic mass is 35.5. The number of piperazine rings is 1. The van der Waals surface area contributed by atoms with E-state index in [0.29, 0.717) is 0 Å². The molecule has 1 fully saturated rings. The molecule has 8 nitrogen and oxygen atoms in total. The third-order valence-electron chi connectivity index (χ3n) is 2.96. The van der Waals surface area contributed by atoms with Gasteiger partial charge >= 0.3 is 5.97 Å². The zero-order valence-corrected chi connectivity index (χ0v) is 12.3. The first-order valence-corrected chi connectivity index (χ1v) is 7.77. The van der Waals surface area contributed by atoms with Crippen LogP contribution in [0.3, 0.4) is 0 Å². The van der Waals surface area contributed by atoms with Crippen molar-refractivity contribution in [1.29, 1.82) is 0 Å². The molecule has 1 aromatic rings. The van der Waals surface area contributed by atoms with Crippen LogP contribution in [0, 0.1) is 0 Å². The summed E-state index contributed by atoms with van der Waals surface area (Å²) < 4.78 is 26.0. The maximum atomic E-state index is 12.6. The predicted octanol–water partition coefficient (Wildman–Crippen LogP) is -0.301. The molecule has 2 heterocycles. The van der Waals surface area contributed by atoms with Crippen LogP contribution < -0.4 is 5.32 Å². The van der Waals surface area contributed by atoms with Crippen molar-refractivity contribution in [3.63, 3.8) is 0 Å². The number of carboxylic acid groups (broad SMARTS) is 1. The molecule has 114 valence electrons. The van der Waals surface area contributed by atoms with Crippen molar-refractivity contribution in [3.05, 3.63) is 23.5 Å². The number of sulfonamides is 1. The number of amides is 1. The second-order valence-corrected chi connectivity index (χ2v) is 6.53. The van der Waals surface area contributed by atoms with Gasteiger partial charge in [-0.25, -0.2) is 13.4 Å². The summed E-state index contributed by atoms with van der Waals surface area (Å²) >= 11 is 5.78. The number of carbonyl (C=O) groups is 2. The fourth-order valence-corrected chi connectivity index (χ4v) is 4.05. The molecule has 1 aliphatic rings. The summed E-state index contributed by atoms with van der Waals surface area (Å²) in [4.78, 5) is 26.1. The second-order valence-electron chi connectivity index (χ2n) is 4.31. The Balaban J connectivity index is 2.43. The van der Waals surface area contributed by atoms with E-state index in [1.54, 1.807) is 0 Å². The molecular weight excluding hydrogens is 322 g/mol. The van der Waals surface area contributed by atoms with Gasteiger partial charge in [0.05, 0.1) is 6.42 Å². The van der Waals surface area contributed by atoms with Crippen LogP contribution in [0.4, 0.5) is 0 Å². The van der Waals surface area contributed by atoms with Crippen molar-refractivity contribution in [1.82, 2.24) is 14.6 Å². The molecule has 1 amide bonds. The minimum atomic E-state index is -4.11. The number of hydrogen-bond acceptors (Lipinski definition) is 5. The maximum absolute atomic E-state index is 12.6. The van der Waals surface area contributed by atoms with Gasteiger partial charge in [0.2, 0.25) is 15.9 Å². The highest BCUT2D eigenvalue weighted by Gasteiger charge is 2.40. The highest BCUT2D eigenvalue weighted by molar-refractivity contribution is 7.89. The molecule has 1 unspecified atom stereocenters. The lowest BCUT2D eigenvalue weighted by Crippen LogP contribution is -2.57. The number of halogens is 1. The first kappa shape index (κ1) is 15.7. The number of rotatable bonds is 4. The van der Waals surface area contributed by atoms with Crippen molar-refractivity contribution >= 4 is 33.5 Å². The Bertz CT molecular complexity index is 678. The molecule has 0 aromatic carbocycles. The standard InChI is InChI=1S/C11H12ClN3O5S/c12-10-8(2-1-3-13-10)21(19,20)15-5-4-14-11(18)7(15)6-9(16)17/h1-3,7H,4-6H2,(H,14,18)(H,16,17). The van der Waals surface area contributed by atoms with Crippen LogP contribution in [0.25, 0.3) is 0 Å². The Hall–Kier alpha value is -1.71. The number of pyridine rings is 1. The summed E-state index contributed by atoms with van der Waals surface area (Å²) in [5, 5.41) is 11.1. The number of carboxylic acids is 1. The Labute approximate surface area is 125 Å². The first-order valence-electron chi connectivity index (χ1n) is 5.96. The van der Waals surface area contributed by atoms with Crippen molar-refractivity contribution < 1.29 is 23.1 Å². The number of aliphatic carboxylic acids is 1. The first-order chi connectivity index (χ1) is 9.84. The molecule has 2 N–H and O–H groups in total. The van der Waals surface area contributed by atoms with Gasteiger partial charge < -0.3 is 10.4 Å². The number of carbonyl (C=O) groups excluding carboxylic acids is 1. The van der Waals surface area contributed by atoms with Crippen LogP contribution >= 0.6 is 11.6 Å². The predicted molar refractivity (Wildman–Crippen MR) is 72.2 cm³/mol. The Morgan fingerprint density at radius 1 is 1.57 bits per heavy atom. The fraction of sp³-hybridized carbons (Fsp3) is 0.364. The van der Waals surface area contributed by atoms with Gasteiger partial charge in [-0.05, 0) is 12.1 Å². The lowest BCUT2D eigenvalue weighted by Gasteiger charge is -2.33. The third-order valence-corrected chi connectivity index (χ3v) is 5.31. The van der Waals surface area contributed by atoms with E-state index in [4.69, 9.17) is 16.7 Å². The minimum absolute atomic E-state index is 0.0305. The second kappa shape index (κ2) is 5.96.